The molecule has 2 aromatic heterocycles. The third-order valence-electron chi connectivity index (χ3n) is 3.52. The van der Waals surface area contributed by atoms with Crippen molar-refractivity contribution in [2.75, 3.05) is 7.11 Å². The van der Waals surface area contributed by atoms with Gasteiger partial charge in [-0.25, -0.2) is 0 Å². The topological polar surface area (TPSA) is 122 Å². The molecule has 0 spiro atoms. The summed E-state index contributed by atoms with van der Waals surface area (Å²) in [4.78, 5) is 38.7. The van der Waals surface area contributed by atoms with Crippen LogP contribution < -0.4 is 4.80 Å². The molecule has 0 radical (unpaired) electrons. The lowest BCUT2D eigenvalue weighted by atomic mass is 10.3. The van der Waals surface area contributed by atoms with E-state index < -0.39 is 16.8 Å². The molecule has 10 nitrogen and oxygen atoms in total. The van der Waals surface area contributed by atoms with Gasteiger partial charge in [-0.2, -0.15) is 10.1 Å². The van der Waals surface area contributed by atoms with E-state index in [4.69, 9.17) is 0 Å². The van der Waals surface area contributed by atoms with E-state index in [0.29, 0.717) is 10.2 Å². The highest BCUT2D eigenvalue weighted by Crippen LogP contribution is 2.23. The molecule has 0 N–H and O–H groups in total. The average molecular weight is 375 g/mol. The van der Waals surface area contributed by atoms with Gasteiger partial charge in [0, 0.05) is 25.4 Å². The molecule has 0 fully saturated rings. The minimum absolute atomic E-state index is 0.0911. The Labute approximate surface area is 150 Å². The number of fused-ring (bicyclic) bond motifs is 1. The molecule has 0 aliphatic carbocycles. The predicted molar refractivity (Wildman–Crippen MR) is 91.6 cm³/mol. The second kappa shape index (κ2) is 6.88. The minimum Gasteiger partial charge on any atom is -0.468 e. The summed E-state index contributed by atoms with van der Waals surface area (Å²) in [5, 5.41) is 15.0. The van der Waals surface area contributed by atoms with Crippen LogP contribution in [0.2, 0.25) is 0 Å². The molecule has 0 saturated carbocycles. The lowest BCUT2D eigenvalue weighted by Crippen LogP contribution is -2.22. The Kier molecular flexibility index (Phi) is 4.63. The van der Waals surface area contributed by atoms with Gasteiger partial charge in [-0.15, -0.1) is 0 Å². The quantitative estimate of drug-likeness (QED) is 0.384. The molecule has 0 unspecified atom stereocenters. The number of nitro benzene ring substituents is 1. The highest BCUT2D eigenvalue weighted by atomic mass is 32.1. The number of nitro groups is 1. The van der Waals surface area contributed by atoms with Crippen molar-refractivity contribution < 1.29 is 19.2 Å². The number of aromatic nitrogens is 3. The highest BCUT2D eigenvalue weighted by molar-refractivity contribution is 7.16. The van der Waals surface area contributed by atoms with Crippen LogP contribution in [0.5, 0.6) is 0 Å². The summed E-state index contributed by atoms with van der Waals surface area (Å²) in [5.74, 6) is -1.11. The molecule has 11 heteroatoms. The van der Waals surface area contributed by atoms with Gasteiger partial charge >= 0.3 is 5.97 Å². The zero-order valence-corrected chi connectivity index (χ0v) is 14.6. The van der Waals surface area contributed by atoms with Crippen molar-refractivity contribution in [2.24, 2.45) is 12.0 Å². The largest absolute Gasteiger partial charge is 0.468 e. The monoisotopic (exact) mass is 375 g/mol. The maximum atomic E-state index is 12.3. The summed E-state index contributed by atoms with van der Waals surface area (Å²) in [6.45, 7) is -0.178. The summed E-state index contributed by atoms with van der Waals surface area (Å²) in [6.07, 6.45) is 1.61. The fourth-order valence-corrected chi connectivity index (χ4v) is 3.34. The SMILES string of the molecule is COC(=O)Cn1c(=NC(=O)c2ccn(C)n2)sc2cc([N+](=O)[O-])ccc21. The van der Waals surface area contributed by atoms with E-state index >= 15 is 0 Å². The fraction of sp³-hybridized carbons (Fsp3) is 0.200. The molecule has 0 aliphatic rings. The average Bonchev–Trinajstić information content (AvgIpc) is 3.18. The molecule has 0 saturated heterocycles. The van der Waals surface area contributed by atoms with E-state index in [1.54, 1.807) is 13.2 Å². The number of esters is 1. The van der Waals surface area contributed by atoms with Gasteiger partial charge in [0.2, 0.25) is 0 Å². The van der Waals surface area contributed by atoms with Crippen LogP contribution in [-0.4, -0.2) is 38.3 Å². The second-order valence-corrected chi connectivity index (χ2v) is 6.26. The van der Waals surface area contributed by atoms with Crippen LogP contribution in [0.25, 0.3) is 10.2 Å². The first-order valence-corrected chi connectivity index (χ1v) is 8.14. The normalized spacial score (nSPS) is 11.7. The number of carbonyl (C=O) groups excluding carboxylic acids is 2. The van der Waals surface area contributed by atoms with Crippen LogP contribution >= 0.6 is 11.3 Å². The number of rotatable bonds is 4. The van der Waals surface area contributed by atoms with Gasteiger partial charge in [-0.05, 0) is 12.1 Å². The van der Waals surface area contributed by atoms with Crippen LogP contribution in [0.1, 0.15) is 10.5 Å². The van der Waals surface area contributed by atoms with Crippen molar-refractivity contribution in [2.45, 2.75) is 6.54 Å². The number of thiazole rings is 1. The van der Waals surface area contributed by atoms with Gasteiger partial charge < -0.3 is 9.30 Å². The van der Waals surface area contributed by atoms with Crippen molar-refractivity contribution in [1.29, 1.82) is 0 Å². The van der Waals surface area contributed by atoms with Gasteiger partial charge in [-0.1, -0.05) is 11.3 Å². The van der Waals surface area contributed by atoms with E-state index in [-0.39, 0.29) is 22.7 Å². The van der Waals surface area contributed by atoms with Crippen LogP contribution in [0.3, 0.4) is 0 Å². The summed E-state index contributed by atoms with van der Waals surface area (Å²) < 4.78 is 8.15. The van der Waals surface area contributed by atoms with E-state index in [9.17, 15) is 19.7 Å². The number of nitrogens with zero attached hydrogens (tertiary/aromatic N) is 5. The number of hydrogen-bond donors (Lipinski definition) is 0. The lowest BCUT2D eigenvalue weighted by molar-refractivity contribution is -0.384. The zero-order chi connectivity index (χ0) is 18.8. The number of benzene rings is 1. The molecule has 26 heavy (non-hydrogen) atoms. The van der Waals surface area contributed by atoms with Crippen LogP contribution in [0.15, 0.2) is 35.5 Å². The Morgan fingerprint density at radius 2 is 2.15 bits per heavy atom. The highest BCUT2D eigenvalue weighted by Gasteiger charge is 2.16. The Morgan fingerprint density at radius 1 is 1.38 bits per heavy atom. The minimum atomic E-state index is -0.578. The van der Waals surface area contributed by atoms with E-state index in [0.717, 1.165) is 11.3 Å². The van der Waals surface area contributed by atoms with Gasteiger partial charge in [0.1, 0.15) is 6.54 Å². The molecule has 134 valence electrons. The van der Waals surface area contributed by atoms with Gasteiger partial charge in [0.05, 0.1) is 22.2 Å². The number of amides is 1. The fourth-order valence-electron chi connectivity index (χ4n) is 2.28. The van der Waals surface area contributed by atoms with Crippen LogP contribution in [-0.2, 0) is 23.1 Å². The predicted octanol–water partition coefficient (Wildman–Crippen LogP) is 1.26. The molecular formula is C15H13N5O5S. The first kappa shape index (κ1) is 17.5. The van der Waals surface area contributed by atoms with Crippen LogP contribution in [0.4, 0.5) is 5.69 Å². The number of hydrogen-bond acceptors (Lipinski definition) is 7. The second-order valence-electron chi connectivity index (χ2n) is 5.25. The number of ether oxygens (including phenoxy) is 1. The summed E-state index contributed by atoms with van der Waals surface area (Å²) in [6, 6.07) is 5.73. The molecule has 2 heterocycles. The zero-order valence-electron chi connectivity index (χ0n) is 13.8. The summed E-state index contributed by atoms with van der Waals surface area (Å²) in [7, 11) is 2.92. The van der Waals surface area contributed by atoms with Gasteiger partial charge in [0.25, 0.3) is 11.6 Å². The third-order valence-corrected chi connectivity index (χ3v) is 4.56. The molecule has 0 bridgehead atoms. The number of carbonyl (C=O) groups is 2. The van der Waals surface area contributed by atoms with Crippen molar-refractivity contribution in [3.8, 4) is 0 Å². The Morgan fingerprint density at radius 3 is 2.77 bits per heavy atom. The third kappa shape index (κ3) is 3.37. The molecule has 3 aromatic rings. The number of methoxy groups -OCH3 is 1. The number of aryl methyl sites for hydroxylation is 1. The van der Waals surface area contributed by atoms with E-state index in [1.165, 1.54) is 40.6 Å². The van der Waals surface area contributed by atoms with E-state index in [2.05, 4.69) is 14.8 Å². The number of non-ortho nitro benzene ring substituents is 1. The van der Waals surface area contributed by atoms with Crippen molar-refractivity contribution in [1.82, 2.24) is 14.3 Å². The first-order valence-electron chi connectivity index (χ1n) is 7.32. The maximum Gasteiger partial charge on any atom is 0.325 e. The Bertz CT molecular complexity index is 1090. The Balaban J connectivity index is 2.16. The molecular weight excluding hydrogens is 362 g/mol. The van der Waals surface area contributed by atoms with Crippen molar-refractivity contribution in [3.05, 3.63) is 51.1 Å². The Hall–Kier alpha value is -3.34. The van der Waals surface area contributed by atoms with Crippen molar-refractivity contribution in [3.63, 3.8) is 0 Å². The van der Waals surface area contributed by atoms with Crippen molar-refractivity contribution >= 4 is 39.1 Å². The molecule has 0 atom stereocenters. The molecule has 3 rings (SSSR count). The summed E-state index contributed by atoms with van der Waals surface area (Å²) >= 11 is 1.07. The first-order chi connectivity index (χ1) is 12.4. The molecule has 0 aliphatic heterocycles. The van der Waals surface area contributed by atoms with Crippen LogP contribution in [0, 0.1) is 10.1 Å². The lowest BCUT2D eigenvalue weighted by Gasteiger charge is -2.03. The summed E-state index contributed by atoms with van der Waals surface area (Å²) in [5.41, 5.74) is 0.602. The smallest absolute Gasteiger partial charge is 0.325 e. The molecule has 1 amide bonds. The maximum absolute atomic E-state index is 12.3. The molecule has 1 aromatic carbocycles. The standard InChI is InChI=1S/C15H13N5O5S/c1-18-6-5-10(17-18)14(22)16-15-19(8-13(21)25-2)11-4-3-9(20(23)24)7-12(11)26-15/h3-7H,8H2,1-2H3. The van der Waals surface area contributed by atoms with Gasteiger partial charge in [0.15, 0.2) is 10.5 Å². The van der Waals surface area contributed by atoms with Gasteiger partial charge in [-0.3, -0.25) is 24.4 Å². The van der Waals surface area contributed by atoms with E-state index in [1.807, 2.05) is 0 Å².